The summed E-state index contributed by atoms with van der Waals surface area (Å²) in [6, 6.07) is 8.06. The van der Waals surface area contributed by atoms with E-state index in [9.17, 15) is 8.42 Å². The van der Waals surface area contributed by atoms with Gasteiger partial charge in [-0.05, 0) is 32.2 Å². The molecular formula is C14H20N2O3S. The molecular weight excluding hydrogens is 276 g/mol. The molecule has 0 aliphatic rings. The predicted octanol–water partition coefficient (Wildman–Crippen LogP) is 1.30. The van der Waals surface area contributed by atoms with E-state index in [1.807, 2.05) is 24.9 Å². The zero-order valence-electron chi connectivity index (χ0n) is 11.9. The molecule has 0 unspecified atom stereocenters. The Hall–Kier alpha value is -1.42. The summed E-state index contributed by atoms with van der Waals surface area (Å²) in [7, 11) is -1.49. The van der Waals surface area contributed by atoms with Gasteiger partial charge in [0.2, 0.25) is 0 Å². The van der Waals surface area contributed by atoms with Crippen LogP contribution in [0.15, 0.2) is 29.2 Å². The zero-order valence-corrected chi connectivity index (χ0v) is 12.7. The first kappa shape index (κ1) is 16.6. The first-order valence-electron chi connectivity index (χ1n) is 6.49. The van der Waals surface area contributed by atoms with Crippen molar-refractivity contribution in [3.8, 4) is 6.07 Å². The fourth-order valence-corrected chi connectivity index (χ4v) is 3.01. The van der Waals surface area contributed by atoms with E-state index in [0.29, 0.717) is 31.9 Å². The largest absolute Gasteiger partial charge is 0.380 e. The van der Waals surface area contributed by atoms with Gasteiger partial charge < -0.3 is 9.64 Å². The van der Waals surface area contributed by atoms with Crippen LogP contribution in [-0.2, 0) is 14.6 Å². The van der Waals surface area contributed by atoms with Gasteiger partial charge in [-0.25, -0.2) is 8.42 Å². The summed E-state index contributed by atoms with van der Waals surface area (Å²) in [5.74, 6) is 0.0322. The first-order chi connectivity index (χ1) is 9.49. The maximum absolute atomic E-state index is 12.2. The molecule has 6 heteroatoms. The minimum absolute atomic E-state index is 0.0322. The van der Waals surface area contributed by atoms with Crippen molar-refractivity contribution >= 4 is 9.84 Å². The standard InChI is InChI=1S/C14H20N2O3S/c1-3-19-9-7-16(2)8-10-20(17,18)14-6-4-5-13(11-14)12-15/h4-6,11H,3,7-10H2,1-2H3. The highest BCUT2D eigenvalue weighted by atomic mass is 32.2. The summed E-state index contributed by atoms with van der Waals surface area (Å²) >= 11 is 0. The maximum atomic E-state index is 12.2. The van der Waals surface area contributed by atoms with Crippen molar-refractivity contribution in [1.29, 1.82) is 5.26 Å². The van der Waals surface area contributed by atoms with E-state index >= 15 is 0 Å². The van der Waals surface area contributed by atoms with E-state index in [-0.39, 0.29) is 10.6 Å². The van der Waals surface area contributed by atoms with Crippen molar-refractivity contribution in [2.45, 2.75) is 11.8 Å². The highest BCUT2D eigenvalue weighted by Gasteiger charge is 2.15. The van der Waals surface area contributed by atoms with Gasteiger partial charge in [0.1, 0.15) is 0 Å². The molecule has 0 fully saturated rings. The lowest BCUT2D eigenvalue weighted by molar-refractivity contribution is 0.124. The van der Waals surface area contributed by atoms with Crippen LogP contribution >= 0.6 is 0 Å². The van der Waals surface area contributed by atoms with E-state index in [0.717, 1.165) is 0 Å². The van der Waals surface area contributed by atoms with Crippen molar-refractivity contribution in [3.63, 3.8) is 0 Å². The van der Waals surface area contributed by atoms with Crippen LogP contribution in [0, 0.1) is 11.3 Å². The van der Waals surface area contributed by atoms with Gasteiger partial charge >= 0.3 is 0 Å². The third kappa shape index (κ3) is 5.29. The molecule has 0 aromatic heterocycles. The van der Waals surface area contributed by atoms with E-state index in [1.54, 1.807) is 12.1 Å². The van der Waals surface area contributed by atoms with Crippen LogP contribution in [-0.4, -0.2) is 52.4 Å². The van der Waals surface area contributed by atoms with E-state index in [4.69, 9.17) is 10.00 Å². The van der Waals surface area contributed by atoms with Gasteiger partial charge in [0.15, 0.2) is 9.84 Å². The topological polar surface area (TPSA) is 70.4 Å². The molecule has 0 spiro atoms. The molecule has 1 aromatic rings. The normalized spacial score (nSPS) is 11.5. The fraction of sp³-hybridized carbons (Fsp3) is 0.500. The lowest BCUT2D eigenvalue weighted by Gasteiger charge is -2.16. The third-order valence-electron chi connectivity index (χ3n) is 2.89. The fourth-order valence-electron chi connectivity index (χ4n) is 1.63. The van der Waals surface area contributed by atoms with Crippen LogP contribution in [0.3, 0.4) is 0 Å². The Morgan fingerprint density at radius 1 is 1.35 bits per heavy atom. The Morgan fingerprint density at radius 3 is 2.75 bits per heavy atom. The Balaban J connectivity index is 2.59. The summed E-state index contributed by atoms with van der Waals surface area (Å²) in [4.78, 5) is 2.12. The smallest absolute Gasteiger partial charge is 0.179 e. The van der Waals surface area contributed by atoms with Crippen LogP contribution in [0.4, 0.5) is 0 Å². The highest BCUT2D eigenvalue weighted by molar-refractivity contribution is 7.91. The Bertz CT molecular complexity index is 564. The molecule has 20 heavy (non-hydrogen) atoms. The molecule has 0 saturated carbocycles. The average Bonchev–Trinajstić information content (AvgIpc) is 2.45. The van der Waals surface area contributed by atoms with Crippen LogP contribution in [0.1, 0.15) is 12.5 Å². The molecule has 0 amide bonds. The summed E-state index contributed by atoms with van der Waals surface area (Å²) in [6.07, 6.45) is 0. The second-order valence-corrected chi connectivity index (χ2v) is 6.57. The number of benzene rings is 1. The number of nitriles is 1. The van der Waals surface area contributed by atoms with E-state index in [2.05, 4.69) is 0 Å². The highest BCUT2D eigenvalue weighted by Crippen LogP contribution is 2.13. The lowest BCUT2D eigenvalue weighted by Crippen LogP contribution is -2.29. The van der Waals surface area contributed by atoms with E-state index in [1.165, 1.54) is 12.1 Å². The second kappa shape index (κ2) is 8.00. The summed E-state index contributed by atoms with van der Waals surface area (Å²) < 4.78 is 29.6. The number of hydrogen-bond acceptors (Lipinski definition) is 5. The van der Waals surface area contributed by atoms with Crippen molar-refractivity contribution in [2.75, 3.05) is 39.1 Å². The molecule has 0 atom stereocenters. The first-order valence-corrected chi connectivity index (χ1v) is 8.14. The van der Waals surface area contributed by atoms with Crippen LogP contribution in [0.5, 0.6) is 0 Å². The van der Waals surface area contributed by atoms with Crippen molar-refractivity contribution < 1.29 is 13.2 Å². The molecule has 0 heterocycles. The molecule has 0 aliphatic heterocycles. The third-order valence-corrected chi connectivity index (χ3v) is 4.58. The quantitative estimate of drug-likeness (QED) is 0.676. The molecule has 0 N–H and O–H groups in total. The number of ether oxygens (including phenoxy) is 1. The van der Waals surface area contributed by atoms with Crippen LogP contribution in [0.25, 0.3) is 0 Å². The number of sulfone groups is 1. The van der Waals surface area contributed by atoms with Gasteiger partial charge in [0.05, 0.1) is 28.9 Å². The minimum Gasteiger partial charge on any atom is -0.380 e. The van der Waals surface area contributed by atoms with Gasteiger partial charge in [-0.3, -0.25) is 0 Å². The average molecular weight is 296 g/mol. The molecule has 1 aromatic carbocycles. The Kier molecular flexibility index (Phi) is 6.65. The molecule has 0 radical (unpaired) electrons. The summed E-state index contributed by atoms with van der Waals surface area (Å²) in [5, 5.41) is 8.80. The number of likely N-dealkylation sites (N-methyl/N-ethyl adjacent to an activating group) is 1. The van der Waals surface area contributed by atoms with Gasteiger partial charge in [0.25, 0.3) is 0 Å². The lowest BCUT2D eigenvalue weighted by atomic mass is 10.2. The number of rotatable bonds is 8. The Morgan fingerprint density at radius 2 is 2.10 bits per heavy atom. The van der Waals surface area contributed by atoms with Crippen molar-refractivity contribution in [3.05, 3.63) is 29.8 Å². The molecule has 0 bridgehead atoms. The van der Waals surface area contributed by atoms with Crippen molar-refractivity contribution in [2.24, 2.45) is 0 Å². The molecule has 0 saturated heterocycles. The molecule has 110 valence electrons. The van der Waals surface area contributed by atoms with E-state index < -0.39 is 9.84 Å². The number of hydrogen-bond donors (Lipinski definition) is 0. The van der Waals surface area contributed by atoms with Gasteiger partial charge in [-0.1, -0.05) is 6.07 Å². The van der Waals surface area contributed by atoms with Crippen LogP contribution < -0.4 is 0 Å². The van der Waals surface area contributed by atoms with Gasteiger partial charge in [0, 0.05) is 19.7 Å². The second-order valence-electron chi connectivity index (χ2n) is 4.46. The minimum atomic E-state index is -3.35. The maximum Gasteiger partial charge on any atom is 0.179 e. The summed E-state index contributed by atoms with van der Waals surface area (Å²) in [5.41, 5.74) is 0.357. The van der Waals surface area contributed by atoms with Crippen LogP contribution in [0.2, 0.25) is 0 Å². The number of nitrogens with zero attached hydrogens (tertiary/aromatic N) is 2. The monoisotopic (exact) mass is 296 g/mol. The predicted molar refractivity (Wildman–Crippen MR) is 77.2 cm³/mol. The SMILES string of the molecule is CCOCCN(C)CCS(=O)(=O)c1cccc(C#N)c1. The van der Waals surface area contributed by atoms with Crippen molar-refractivity contribution in [1.82, 2.24) is 4.90 Å². The molecule has 0 aliphatic carbocycles. The zero-order chi connectivity index (χ0) is 15.0. The Labute approximate surface area is 120 Å². The molecule has 1 rings (SSSR count). The van der Waals surface area contributed by atoms with Gasteiger partial charge in [-0.15, -0.1) is 0 Å². The molecule has 5 nitrogen and oxygen atoms in total. The summed E-state index contributed by atoms with van der Waals surface area (Å²) in [6.45, 7) is 4.31. The van der Waals surface area contributed by atoms with Gasteiger partial charge in [-0.2, -0.15) is 5.26 Å².